The maximum atomic E-state index is 11.0. The second-order valence-corrected chi connectivity index (χ2v) is 2.77. The van der Waals surface area contributed by atoms with E-state index < -0.39 is 0 Å². The van der Waals surface area contributed by atoms with Crippen LogP contribution in [0.5, 0.6) is 0 Å². The van der Waals surface area contributed by atoms with Crippen molar-refractivity contribution in [2.24, 2.45) is 0 Å². The van der Waals surface area contributed by atoms with Crippen LogP contribution in [0.15, 0.2) is 0 Å². The number of rotatable bonds is 6. The molecule has 0 saturated carbocycles. The standard InChI is InChI=1S/C9H17NO2/c1-3-5-6-8(11)7-10-9(12)4-2/h3-7H2,1-2H3,(H,10,12). The van der Waals surface area contributed by atoms with Gasteiger partial charge < -0.3 is 5.32 Å². The van der Waals surface area contributed by atoms with Crippen LogP contribution >= 0.6 is 0 Å². The minimum absolute atomic E-state index is 0.0557. The lowest BCUT2D eigenvalue weighted by Gasteiger charge is -2.01. The van der Waals surface area contributed by atoms with Crippen molar-refractivity contribution in [1.29, 1.82) is 0 Å². The topological polar surface area (TPSA) is 46.2 Å². The molecule has 0 atom stereocenters. The van der Waals surface area contributed by atoms with Crippen LogP contribution in [0.1, 0.15) is 39.5 Å². The van der Waals surface area contributed by atoms with Crippen molar-refractivity contribution in [2.75, 3.05) is 6.54 Å². The molecule has 0 aliphatic heterocycles. The van der Waals surface area contributed by atoms with E-state index in [9.17, 15) is 9.59 Å². The van der Waals surface area contributed by atoms with Gasteiger partial charge in [0.25, 0.3) is 0 Å². The molecule has 12 heavy (non-hydrogen) atoms. The van der Waals surface area contributed by atoms with Gasteiger partial charge in [0.2, 0.25) is 5.91 Å². The number of hydrogen-bond donors (Lipinski definition) is 1. The molecule has 0 unspecified atom stereocenters. The molecule has 0 aromatic rings. The first-order valence-electron chi connectivity index (χ1n) is 4.49. The number of carbonyl (C=O) groups is 2. The monoisotopic (exact) mass is 171 g/mol. The minimum atomic E-state index is -0.0557. The summed E-state index contributed by atoms with van der Waals surface area (Å²) in [5.41, 5.74) is 0. The third-order valence-electron chi connectivity index (χ3n) is 1.61. The Labute approximate surface area is 73.5 Å². The molecule has 0 bridgehead atoms. The van der Waals surface area contributed by atoms with Crippen molar-refractivity contribution in [3.05, 3.63) is 0 Å². The molecular formula is C9H17NO2. The predicted molar refractivity (Wildman–Crippen MR) is 47.8 cm³/mol. The number of hydrogen-bond acceptors (Lipinski definition) is 2. The molecule has 1 N–H and O–H groups in total. The Morgan fingerprint density at radius 3 is 2.42 bits per heavy atom. The molecule has 0 aliphatic carbocycles. The summed E-state index contributed by atoms with van der Waals surface area (Å²) in [6.45, 7) is 4.01. The molecule has 0 aromatic heterocycles. The summed E-state index contributed by atoms with van der Waals surface area (Å²) in [6, 6.07) is 0. The zero-order valence-electron chi connectivity index (χ0n) is 7.85. The molecule has 0 fully saturated rings. The van der Waals surface area contributed by atoms with E-state index in [1.54, 1.807) is 6.92 Å². The highest BCUT2D eigenvalue weighted by atomic mass is 16.2. The summed E-state index contributed by atoms with van der Waals surface area (Å²) < 4.78 is 0. The van der Waals surface area contributed by atoms with Gasteiger partial charge in [-0.25, -0.2) is 0 Å². The molecule has 0 saturated heterocycles. The Morgan fingerprint density at radius 1 is 1.25 bits per heavy atom. The highest BCUT2D eigenvalue weighted by molar-refractivity contribution is 5.85. The SMILES string of the molecule is CCCCC(=O)CNC(=O)CC. The lowest BCUT2D eigenvalue weighted by Crippen LogP contribution is -2.28. The van der Waals surface area contributed by atoms with Gasteiger partial charge in [0, 0.05) is 12.8 Å². The second kappa shape index (κ2) is 6.83. The van der Waals surface area contributed by atoms with Gasteiger partial charge in [-0.3, -0.25) is 9.59 Å². The lowest BCUT2D eigenvalue weighted by atomic mass is 10.2. The molecule has 1 amide bonds. The van der Waals surface area contributed by atoms with E-state index in [2.05, 4.69) is 5.32 Å². The smallest absolute Gasteiger partial charge is 0.220 e. The van der Waals surface area contributed by atoms with Crippen LogP contribution in [0.25, 0.3) is 0 Å². The number of Topliss-reactive ketones (excluding diaryl/α,β-unsaturated/α-hetero) is 1. The quantitative estimate of drug-likeness (QED) is 0.654. The zero-order valence-corrected chi connectivity index (χ0v) is 7.85. The van der Waals surface area contributed by atoms with E-state index in [-0.39, 0.29) is 18.2 Å². The van der Waals surface area contributed by atoms with Gasteiger partial charge in [-0.2, -0.15) is 0 Å². The Morgan fingerprint density at radius 2 is 1.92 bits per heavy atom. The molecule has 0 spiro atoms. The first-order valence-corrected chi connectivity index (χ1v) is 4.49. The summed E-state index contributed by atoms with van der Waals surface area (Å²) in [5.74, 6) is 0.0681. The molecule has 0 aliphatic rings. The highest BCUT2D eigenvalue weighted by Crippen LogP contribution is 1.93. The summed E-state index contributed by atoms with van der Waals surface area (Å²) in [4.78, 5) is 21.7. The van der Waals surface area contributed by atoms with Gasteiger partial charge in [-0.1, -0.05) is 20.3 Å². The van der Waals surface area contributed by atoms with E-state index in [1.165, 1.54) is 0 Å². The number of nitrogens with one attached hydrogen (secondary N) is 1. The largest absolute Gasteiger partial charge is 0.349 e. The predicted octanol–water partition coefficient (Wildman–Crippen LogP) is 1.27. The molecule has 70 valence electrons. The normalized spacial score (nSPS) is 9.50. The average Bonchev–Trinajstić information content (AvgIpc) is 2.10. The first kappa shape index (κ1) is 11.1. The van der Waals surface area contributed by atoms with E-state index in [0.717, 1.165) is 12.8 Å². The molecular weight excluding hydrogens is 154 g/mol. The number of ketones is 1. The number of amides is 1. The lowest BCUT2D eigenvalue weighted by molar-refractivity contribution is -0.125. The molecule has 3 heteroatoms. The van der Waals surface area contributed by atoms with Gasteiger partial charge in [0.1, 0.15) is 0 Å². The summed E-state index contributed by atoms with van der Waals surface area (Å²) in [6.07, 6.45) is 2.97. The Bertz CT molecular complexity index is 155. The van der Waals surface area contributed by atoms with Crippen LogP contribution in [0.2, 0.25) is 0 Å². The molecule has 3 nitrogen and oxygen atoms in total. The first-order chi connectivity index (χ1) is 5.70. The Kier molecular flexibility index (Phi) is 6.34. The third-order valence-corrected chi connectivity index (χ3v) is 1.61. The summed E-state index contributed by atoms with van der Waals surface area (Å²) in [5, 5.41) is 2.55. The van der Waals surface area contributed by atoms with Gasteiger partial charge in [0.15, 0.2) is 5.78 Å². The van der Waals surface area contributed by atoms with Crippen LogP contribution in [0, 0.1) is 0 Å². The maximum Gasteiger partial charge on any atom is 0.220 e. The van der Waals surface area contributed by atoms with Crippen molar-refractivity contribution in [2.45, 2.75) is 39.5 Å². The Hall–Kier alpha value is -0.860. The van der Waals surface area contributed by atoms with Gasteiger partial charge in [-0.05, 0) is 6.42 Å². The van der Waals surface area contributed by atoms with Crippen molar-refractivity contribution >= 4 is 11.7 Å². The van der Waals surface area contributed by atoms with E-state index in [0.29, 0.717) is 12.8 Å². The van der Waals surface area contributed by atoms with Crippen LogP contribution in [-0.4, -0.2) is 18.2 Å². The number of unbranched alkanes of at least 4 members (excludes halogenated alkanes) is 1. The van der Waals surface area contributed by atoms with E-state index in [1.807, 2.05) is 6.92 Å². The van der Waals surface area contributed by atoms with Crippen molar-refractivity contribution in [3.63, 3.8) is 0 Å². The van der Waals surface area contributed by atoms with Gasteiger partial charge in [0.05, 0.1) is 6.54 Å². The molecule has 0 aromatic carbocycles. The average molecular weight is 171 g/mol. The zero-order chi connectivity index (χ0) is 9.40. The molecule has 0 rings (SSSR count). The maximum absolute atomic E-state index is 11.0. The fourth-order valence-electron chi connectivity index (χ4n) is 0.785. The Balaban J connectivity index is 3.37. The number of carbonyl (C=O) groups excluding carboxylic acids is 2. The van der Waals surface area contributed by atoms with E-state index >= 15 is 0 Å². The van der Waals surface area contributed by atoms with Crippen molar-refractivity contribution in [1.82, 2.24) is 5.32 Å². The third kappa shape index (κ3) is 5.89. The van der Waals surface area contributed by atoms with E-state index in [4.69, 9.17) is 0 Å². The fraction of sp³-hybridized carbons (Fsp3) is 0.778. The minimum Gasteiger partial charge on any atom is -0.349 e. The fourth-order valence-corrected chi connectivity index (χ4v) is 0.785. The molecule has 0 heterocycles. The van der Waals surface area contributed by atoms with Crippen LogP contribution in [0.3, 0.4) is 0 Å². The van der Waals surface area contributed by atoms with Crippen molar-refractivity contribution < 1.29 is 9.59 Å². The van der Waals surface area contributed by atoms with Crippen LogP contribution < -0.4 is 5.32 Å². The second-order valence-electron chi connectivity index (χ2n) is 2.77. The van der Waals surface area contributed by atoms with Crippen LogP contribution in [-0.2, 0) is 9.59 Å². The van der Waals surface area contributed by atoms with Crippen molar-refractivity contribution in [3.8, 4) is 0 Å². The van der Waals surface area contributed by atoms with Crippen LogP contribution in [0.4, 0.5) is 0 Å². The van der Waals surface area contributed by atoms with Gasteiger partial charge in [-0.15, -0.1) is 0 Å². The highest BCUT2D eigenvalue weighted by Gasteiger charge is 2.02. The van der Waals surface area contributed by atoms with Gasteiger partial charge >= 0.3 is 0 Å². The summed E-state index contributed by atoms with van der Waals surface area (Å²) in [7, 11) is 0. The summed E-state index contributed by atoms with van der Waals surface area (Å²) >= 11 is 0. The molecule has 0 radical (unpaired) electrons.